The van der Waals surface area contributed by atoms with E-state index in [4.69, 9.17) is 4.74 Å². The summed E-state index contributed by atoms with van der Waals surface area (Å²) in [5.41, 5.74) is 4.56. The number of aryl methyl sites for hydroxylation is 2. The summed E-state index contributed by atoms with van der Waals surface area (Å²) >= 11 is 3.37. The maximum atomic E-state index is 13.9. The van der Waals surface area contributed by atoms with E-state index in [9.17, 15) is 18.0 Å². The average Bonchev–Trinajstić information content (AvgIpc) is 2.80. The second-order valence-corrected chi connectivity index (χ2v) is 9.14. The van der Waals surface area contributed by atoms with Crippen LogP contribution in [0.4, 0.5) is 13.2 Å². The van der Waals surface area contributed by atoms with Crippen LogP contribution in [0.15, 0.2) is 59.2 Å². The number of nitrogens with zero attached hydrogens (tertiary/aromatic N) is 1. The summed E-state index contributed by atoms with van der Waals surface area (Å²) in [5.74, 6) is -1.57. The lowest BCUT2D eigenvalue weighted by Crippen LogP contribution is -2.23. The van der Waals surface area contributed by atoms with Gasteiger partial charge in [-0.05, 0) is 82.2 Å². The van der Waals surface area contributed by atoms with E-state index in [-0.39, 0.29) is 18.0 Å². The largest absolute Gasteiger partial charge is 0.481 e. The van der Waals surface area contributed by atoms with Gasteiger partial charge in [0.1, 0.15) is 0 Å². The number of allylic oxidation sites excluding steroid dienone is 1. The van der Waals surface area contributed by atoms with E-state index in [0.29, 0.717) is 21.5 Å². The first-order chi connectivity index (χ1) is 16.5. The zero-order chi connectivity index (χ0) is 25.8. The Bertz CT molecular complexity index is 1220. The molecular formula is C27H26BrF3N2O2. The zero-order valence-corrected chi connectivity index (χ0v) is 21.4. The third-order valence-corrected chi connectivity index (χ3v) is 6.50. The molecule has 184 valence electrons. The molecule has 0 aliphatic carbocycles. The van der Waals surface area contributed by atoms with E-state index in [0.717, 1.165) is 28.3 Å². The van der Waals surface area contributed by atoms with Crippen molar-refractivity contribution in [2.75, 3.05) is 7.11 Å². The molecule has 4 nitrogen and oxygen atoms in total. The summed E-state index contributed by atoms with van der Waals surface area (Å²) < 4.78 is 47.1. The van der Waals surface area contributed by atoms with Gasteiger partial charge in [0, 0.05) is 23.3 Å². The molecule has 1 heterocycles. The molecule has 0 aliphatic heterocycles. The molecule has 0 spiro atoms. The second-order valence-electron chi connectivity index (χ2n) is 8.29. The number of hydrogen-bond donors (Lipinski definition) is 1. The van der Waals surface area contributed by atoms with Crippen LogP contribution >= 0.6 is 15.9 Å². The van der Waals surface area contributed by atoms with Gasteiger partial charge in [-0.3, -0.25) is 4.79 Å². The highest BCUT2D eigenvalue weighted by Gasteiger charge is 2.39. The van der Waals surface area contributed by atoms with Crippen LogP contribution in [0.1, 0.15) is 49.7 Å². The SMILES string of the molecule is COc1ccc(CNC(=O)c2ccc(/C=C/C(c3cc(C)c(C)c(C)c3)C(F)(F)F)cc2Br)cn1. The Morgan fingerprint density at radius 2 is 1.80 bits per heavy atom. The van der Waals surface area contributed by atoms with Gasteiger partial charge in [0.25, 0.3) is 5.91 Å². The molecule has 0 aliphatic rings. The topological polar surface area (TPSA) is 51.2 Å². The Hall–Kier alpha value is -3.13. The van der Waals surface area contributed by atoms with E-state index in [1.807, 2.05) is 20.8 Å². The van der Waals surface area contributed by atoms with Crippen LogP contribution in [0.3, 0.4) is 0 Å². The number of carbonyl (C=O) groups is 1. The minimum Gasteiger partial charge on any atom is -0.481 e. The van der Waals surface area contributed by atoms with Crippen LogP contribution in [0, 0.1) is 20.8 Å². The third kappa shape index (κ3) is 6.72. The van der Waals surface area contributed by atoms with E-state index < -0.39 is 12.1 Å². The van der Waals surface area contributed by atoms with Gasteiger partial charge in [-0.2, -0.15) is 13.2 Å². The van der Waals surface area contributed by atoms with Crippen molar-refractivity contribution in [2.45, 2.75) is 39.4 Å². The summed E-state index contributed by atoms with van der Waals surface area (Å²) in [6, 6.07) is 11.5. The molecule has 3 aromatic rings. The first kappa shape index (κ1) is 26.5. The van der Waals surface area contributed by atoms with Gasteiger partial charge in [0.15, 0.2) is 0 Å². The predicted molar refractivity (Wildman–Crippen MR) is 135 cm³/mol. The van der Waals surface area contributed by atoms with Gasteiger partial charge in [-0.25, -0.2) is 4.98 Å². The van der Waals surface area contributed by atoms with Crippen LogP contribution in [0.5, 0.6) is 5.88 Å². The molecule has 1 aromatic heterocycles. The first-order valence-electron chi connectivity index (χ1n) is 10.9. The molecule has 35 heavy (non-hydrogen) atoms. The number of carbonyl (C=O) groups excluding carboxylic acids is 1. The molecule has 1 amide bonds. The number of rotatable bonds is 7. The monoisotopic (exact) mass is 546 g/mol. The molecule has 1 atom stereocenters. The van der Waals surface area contributed by atoms with Crippen molar-refractivity contribution in [3.8, 4) is 5.88 Å². The number of hydrogen-bond acceptors (Lipinski definition) is 3. The Labute approximate surface area is 211 Å². The molecule has 2 aromatic carbocycles. The second kappa shape index (κ2) is 11.1. The number of alkyl halides is 3. The van der Waals surface area contributed by atoms with Crippen LogP contribution in [0.25, 0.3) is 6.08 Å². The van der Waals surface area contributed by atoms with Crippen LogP contribution < -0.4 is 10.1 Å². The molecule has 0 bridgehead atoms. The van der Waals surface area contributed by atoms with Gasteiger partial charge in [-0.15, -0.1) is 0 Å². The van der Waals surface area contributed by atoms with Crippen molar-refractivity contribution in [2.24, 2.45) is 0 Å². The van der Waals surface area contributed by atoms with E-state index in [1.54, 1.807) is 48.7 Å². The summed E-state index contributed by atoms with van der Waals surface area (Å²) in [6.45, 7) is 5.80. The number of benzene rings is 2. The molecule has 0 saturated heterocycles. The summed E-state index contributed by atoms with van der Waals surface area (Å²) in [7, 11) is 1.52. The molecular weight excluding hydrogens is 521 g/mol. The van der Waals surface area contributed by atoms with E-state index in [2.05, 4.69) is 26.2 Å². The van der Waals surface area contributed by atoms with Crippen LogP contribution in [-0.2, 0) is 6.54 Å². The summed E-state index contributed by atoms with van der Waals surface area (Å²) in [6.07, 6.45) is -0.242. The average molecular weight is 547 g/mol. The molecule has 0 fully saturated rings. The number of halogens is 4. The minimum absolute atomic E-state index is 0.206. The van der Waals surface area contributed by atoms with Gasteiger partial charge in [0.2, 0.25) is 5.88 Å². The lowest BCUT2D eigenvalue weighted by atomic mass is 9.91. The van der Waals surface area contributed by atoms with Crippen LogP contribution in [-0.4, -0.2) is 24.2 Å². The first-order valence-corrected chi connectivity index (χ1v) is 11.7. The van der Waals surface area contributed by atoms with Crippen molar-refractivity contribution in [3.63, 3.8) is 0 Å². The number of nitrogens with one attached hydrogen (secondary N) is 1. The molecule has 1 N–H and O–H groups in total. The van der Waals surface area contributed by atoms with Crippen molar-refractivity contribution in [1.82, 2.24) is 10.3 Å². The highest BCUT2D eigenvalue weighted by Crippen LogP contribution is 2.38. The number of methoxy groups -OCH3 is 1. The number of amides is 1. The number of pyridine rings is 1. The Morgan fingerprint density at radius 3 is 2.34 bits per heavy atom. The Kier molecular flexibility index (Phi) is 8.38. The predicted octanol–water partition coefficient (Wildman–Crippen LogP) is 7.07. The fourth-order valence-electron chi connectivity index (χ4n) is 3.60. The fraction of sp³-hybridized carbons (Fsp3) is 0.259. The standard InChI is InChI=1S/C27H26BrF3N2O2/c1-16-11-21(12-17(2)18(16)3)23(27(29,30)31)9-6-19-5-8-22(24(28)13-19)26(34)33-15-20-7-10-25(35-4)32-14-20/h5-14,23H,15H2,1-4H3,(H,33,34)/b9-6+. The Morgan fingerprint density at radius 1 is 1.11 bits per heavy atom. The zero-order valence-electron chi connectivity index (χ0n) is 19.8. The van der Waals surface area contributed by atoms with Crippen molar-refractivity contribution in [1.29, 1.82) is 0 Å². The number of aromatic nitrogens is 1. The van der Waals surface area contributed by atoms with Gasteiger partial charge >= 0.3 is 6.18 Å². The maximum absolute atomic E-state index is 13.9. The highest BCUT2D eigenvalue weighted by molar-refractivity contribution is 9.10. The molecule has 8 heteroatoms. The molecule has 3 rings (SSSR count). The van der Waals surface area contributed by atoms with E-state index in [1.165, 1.54) is 13.2 Å². The normalized spacial score (nSPS) is 12.6. The van der Waals surface area contributed by atoms with Gasteiger partial charge in [-0.1, -0.05) is 36.4 Å². The fourth-order valence-corrected chi connectivity index (χ4v) is 4.17. The maximum Gasteiger partial charge on any atom is 0.399 e. The minimum atomic E-state index is -4.43. The number of ether oxygens (including phenoxy) is 1. The lowest BCUT2D eigenvalue weighted by molar-refractivity contribution is -0.139. The summed E-state index contributed by atoms with van der Waals surface area (Å²) in [4.78, 5) is 16.7. The van der Waals surface area contributed by atoms with Crippen molar-refractivity contribution < 1.29 is 22.7 Å². The van der Waals surface area contributed by atoms with Crippen molar-refractivity contribution >= 4 is 27.9 Å². The third-order valence-electron chi connectivity index (χ3n) is 5.84. The Balaban J connectivity index is 1.76. The molecule has 1 unspecified atom stereocenters. The van der Waals surface area contributed by atoms with E-state index >= 15 is 0 Å². The van der Waals surface area contributed by atoms with Crippen molar-refractivity contribution in [3.05, 3.63) is 98.2 Å². The van der Waals surface area contributed by atoms with Crippen LogP contribution in [0.2, 0.25) is 0 Å². The molecule has 0 saturated carbocycles. The van der Waals surface area contributed by atoms with Gasteiger partial charge < -0.3 is 10.1 Å². The van der Waals surface area contributed by atoms with Gasteiger partial charge in [0.05, 0.1) is 18.6 Å². The highest BCUT2D eigenvalue weighted by atomic mass is 79.9. The lowest BCUT2D eigenvalue weighted by Gasteiger charge is -2.19. The molecule has 0 radical (unpaired) electrons. The quantitative estimate of drug-likeness (QED) is 0.345. The summed E-state index contributed by atoms with van der Waals surface area (Å²) in [5, 5.41) is 2.80. The smallest absolute Gasteiger partial charge is 0.399 e.